The first-order valence-corrected chi connectivity index (χ1v) is 5.36. The standard InChI is InChI=1S/C13H13N3O/c1-9-5-11(7-14)3-4-13(9)15-8-12-6-10(2)17-16-12/h3-6,15H,8H2,1-2H3. The molecule has 0 fully saturated rings. The summed E-state index contributed by atoms with van der Waals surface area (Å²) in [6.45, 7) is 4.45. The fraction of sp³-hybridized carbons (Fsp3) is 0.231. The lowest BCUT2D eigenvalue weighted by atomic mass is 10.1. The van der Waals surface area contributed by atoms with Crippen molar-refractivity contribution in [2.45, 2.75) is 20.4 Å². The summed E-state index contributed by atoms with van der Waals surface area (Å²) in [5.41, 5.74) is 3.59. The summed E-state index contributed by atoms with van der Waals surface area (Å²) in [5.74, 6) is 0.804. The molecule has 2 aromatic rings. The van der Waals surface area contributed by atoms with Crippen LogP contribution in [0.2, 0.25) is 0 Å². The number of benzene rings is 1. The highest BCUT2D eigenvalue weighted by Crippen LogP contribution is 2.17. The monoisotopic (exact) mass is 227 g/mol. The third-order valence-corrected chi connectivity index (χ3v) is 2.49. The van der Waals surface area contributed by atoms with Crippen molar-refractivity contribution in [1.82, 2.24) is 5.16 Å². The molecule has 4 nitrogen and oxygen atoms in total. The Kier molecular flexibility index (Phi) is 3.10. The second-order valence-corrected chi connectivity index (χ2v) is 3.92. The molecule has 0 aliphatic rings. The quantitative estimate of drug-likeness (QED) is 0.875. The predicted octanol–water partition coefficient (Wildman–Crippen LogP) is 2.78. The Bertz CT molecular complexity index is 566. The van der Waals surface area contributed by atoms with Crippen LogP contribution in [0.25, 0.3) is 0 Å². The van der Waals surface area contributed by atoms with Gasteiger partial charge in [-0.1, -0.05) is 5.16 Å². The van der Waals surface area contributed by atoms with Gasteiger partial charge < -0.3 is 9.84 Å². The molecule has 0 atom stereocenters. The van der Waals surface area contributed by atoms with E-state index in [-0.39, 0.29) is 0 Å². The third-order valence-electron chi connectivity index (χ3n) is 2.49. The lowest BCUT2D eigenvalue weighted by molar-refractivity contribution is 0.391. The number of rotatable bonds is 3. The minimum absolute atomic E-state index is 0.615. The average molecular weight is 227 g/mol. The van der Waals surface area contributed by atoms with E-state index in [9.17, 15) is 0 Å². The first-order valence-electron chi connectivity index (χ1n) is 5.36. The van der Waals surface area contributed by atoms with E-state index in [1.165, 1.54) is 0 Å². The number of aromatic nitrogens is 1. The highest BCUT2D eigenvalue weighted by molar-refractivity contribution is 5.54. The van der Waals surface area contributed by atoms with Crippen LogP contribution in [0.15, 0.2) is 28.8 Å². The number of nitrogens with one attached hydrogen (secondary N) is 1. The van der Waals surface area contributed by atoms with Crippen molar-refractivity contribution in [2.24, 2.45) is 0 Å². The Morgan fingerprint density at radius 2 is 2.18 bits per heavy atom. The molecule has 0 spiro atoms. The normalized spacial score (nSPS) is 9.94. The van der Waals surface area contributed by atoms with Crippen molar-refractivity contribution >= 4 is 5.69 Å². The largest absolute Gasteiger partial charge is 0.379 e. The molecule has 2 rings (SSSR count). The summed E-state index contributed by atoms with van der Waals surface area (Å²) in [6.07, 6.45) is 0. The Balaban J connectivity index is 2.07. The molecule has 4 heteroatoms. The average Bonchev–Trinajstić information content (AvgIpc) is 2.73. The van der Waals surface area contributed by atoms with Crippen molar-refractivity contribution in [1.29, 1.82) is 5.26 Å². The van der Waals surface area contributed by atoms with Gasteiger partial charge in [-0.05, 0) is 37.6 Å². The smallest absolute Gasteiger partial charge is 0.133 e. The van der Waals surface area contributed by atoms with E-state index >= 15 is 0 Å². The van der Waals surface area contributed by atoms with Gasteiger partial charge in [0.2, 0.25) is 0 Å². The van der Waals surface area contributed by atoms with Crippen molar-refractivity contribution < 1.29 is 4.52 Å². The van der Waals surface area contributed by atoms with Crippen LogP contribution < -0.4 is 5.32 Å². The number of nitriles is 1. The SMILES string of the molecule is Cc1cc(CNc2ccc(C#N)cc2C)no1. The molecule has 0 aliphatic carbocycles. The minimum Gasteiger partial charge on any atom is -0.379 e. The van der Waals surface area contributed by atoms with E-state index in [0.717, 1.165) is 22.7 Å². The van der Waals surface area contributed by atoms with E-state index in [1.807, 2.05) is 32.0 Å². The van der Waals surface area contributed by atoms with Crippen LogP contribution in [0, 0.1) is 25.2 Å². The van der Waals surface area contributed by atoms with Gasteiger partial charge in [0, 0.05) is 11.8 Å². The molecule has 0 aliphatic heterocycles. The molecule has 0 saturated carbocycles. The zero-order valence-corrected chi connectivity index (χ0v) is 9.82. The minimum atomic E-state index is 0.615. The summed E-state index contributed by atoms with van der Waals surface area (Å²) in [6, 6.07) is 9.57. The lowest BCUT2D eigenvalue weighted by Crippen LogP contribution is -2.01. The molecule has 1 heterocycles. The van der Waals surface area contributed by atoms with Gasteiger partial charge in [0.15, 0.2) is 0 Å². The number of hydrogen-bond acceptors (Lipinski definition) is 4. The third kappa shape index (κ3) is 2.64. The highest BCUT2D eigenvalue weighted by atomic mass is 16.5. The summed E-state index contributed by atoms with van der Waals surface area (Å²) < 4.78 is 4.99. The van der Waals surface area contributed by atoms with Crippen molar-refractivity contribution in [3.63, 3.8) is 0 Å². The van der Waals surface area contributed by atoms with Gasteiger partial charge in [-0.3, -0.25) is 0 Å². The van der Waals surface area contributed by atoms with Gasteiger partial charge in [-0.25, -0.2) is 0 Å². The van der Waals surface area contributed by atoms with Crippen LogP contribution >= 0.6 is 0 Å². The second-order valence-electron chi connectivity index (χ2n) is 3.92. The Hall–Kier alpha value is -2.28. The summed E-state index contributed by atoms with van der Waals surface area (Å²) in [7, 11) is 0. The maximum Gasteiger partial charge on any atom is 0.133 e. The van der Waals surface area contributed by atoms with Gasteiger partial charge in [0.1, 0.15) is 11.5 Å². The zero-order chi connectivity index (χ0) is 12.3. The van der Waals surface area contributed by atoms with Crippen molar-refractivity contribution in [3.05, 3.63) is 46.8 Å². The second kappa shape index (κ2) is 4.71. The fourth-order valence-electron chi connectivity index (χ4n) is 1.62. The zero-order valence-electron chi connectivity index (χ0n) is 9.82. The Morgan fingerprint density at radius 1 is 1.35 bits per heavy atom. The van der Waals surface area contributed by atoms with Crippen molar-refractivity contribution in [3.8, 4) is 6.07 Å². The maximum absolute atomic E-state index is 8.77. The van der Waals surface area contributed by atoms with Gasteiger partial charge in [0.25, 0.3) is 0 Å². The van der Waals surface area contributed by atoms with E-state index in [0.29, 0.717) is 12.1 Å². The van der Waals surface area contributed by atoms with Gasteiger partial charge in [-0.2, -0.15) is 5.26 Å². The maximum atomic E-state index is 8.77. The molecule has 0 amide bonds. The molecule has 0 saturated heterocycles. The molecule has 0 unspecified atom stereocenters. The number of aryl methyl sites for hydroxylation is 2. The summed E-state index contributed by atoms with van der Waals surface area (Å²) in [5, 5.41) is 15.9. The number of nitrogens with zero attached hydrogens (tertiary/aromatic N) is 2. The predicted molar refractivity (Wildman–Crippen MR) is 64.5 cm³/mol. The molecule has 1 aromatic carbocycles. The van der Waals surface area contributed by atoms with Gasteiger partial charge in [0.05, 0.1) is 18.2 Å². The van der Waals surface area contributed by atoms with E-state index in [2.05, 4.69) is 16.5 Å². The fourth-order valence-corrected chi connectivity index (χ4v) is 1.62. The highest BCUT2D eigenvalue weighted by Gasteiger charge is 2.02. The number of hydrogen-bond donors (Lipinski definition) is 1. The summed E-state index contributed by atoms with van der Waals surface area (Å²) in [4.78, 5) is 0. The van der Waals surface area contributed by atoms with Crippen LogP contribution in [0.3, 0.4) is 0 Å². The lowest BCUT2D eigenvalue weighted by Gasteiger charge is -2.07. The van der Waals surface area contributed by atoms with Crippen LogP contribution in [-0.4, -0.2) is 5.16 Å². The molecular formula is C13H13N3O. The molecule has 86 valence electrons. The molecule has 0 radical (unpaired) electrons. The molecule has 1 aromatic heterocycles. The number of anilines is 1. The Morgan fingerprint density at radius 3 is 2.76 bits per heavy atom. The van der Waals surface area contributed by atoms with E-state index in [4.69, 9.17) is 9.78 Å². The van der Waals surface area contributed by atoms with Crippen molar-refractivity contribution in [2.75, 3.05) is 5.32 Å². The van der Waals surface area contributed by atoms with Crippen LogP contribution in [0.5, 0.6) is 0 Å². The first-order chi connectivity index (χ1) is 8.19. The van der Waals surface area contributed by atoms with Crippen LogP contribution in [0.1, 0.15) is 22.6 Å². The first kappa shape index (κ1) is 11.2. The topological polar surface area (TPSA) is 61.9 Å². The van der Waals surface area contributed by atoms with E-state index < -0.39 is 0 Å². The molecule has 0 bridgehead atoms. The van der Waals surface area contributed by atoms with Crippen LogP contribution in [-0.2, 0) is 6.54 Å². The molecular weight excluding hydrogens is 214 g/mol. The molecule has 1 N–H and O–H groups in total. The Labute approximate surface area is 99.9 Å². The van der Waals surface area contributed by atoms with Crippen LogP contribution in [0.4, 0.5) is 5.69 Å². The summed E-state index contributed by atoms with van der Waals surface area (Å²) >= 11 is 0. The molecule has 17 heavy (non-hydrogen) atoms. The van der Waals surface area contributed by atoms with E-state index in [1.54, 1.807) is 6.07 Å². The van der Waals surface area contributed by atoms with Gasteiger partial charge in [-0.15, -0.1) is 0 Å². The van der Waals surface area contributed by atoms with Gasteiger partial charge >= 0.3 is 0 Å².